The van der Waals surface area contributed by atoms with Gasteiger partial charge < -0.3 is 19.5 Å². The van der Waals surface area contributed by atoms with Gasteiger partial charge in [-0.3, -0.25) is 0 Å². The van der Waals surface area contributed by atoms with Crippen molar-refractivity contribution in [2.75, 3.05) is 40.0 Å². The van der Waals surface area contributed by atoms with E-state index in [1.807, 2.05) is 12.1 Å². The monoisotopic (exact) mass is 313 g/mol. The van der Waals surface area contributed by atoms with E-state index in [0.717, 1.165) is 54.6 Å². The topological polar surface area (TPSA) is 39.7 Å². The van der Waals surface area contributed by atoms with E-state index < -0.39 is 0 Å². The average molecular weight is 314 g/mol. The number of aryl methyl sites for hydroxylation is 1. The Kier molecular flexibility index (Phi) is 7.13. The molecule has 2 rings (SSSR count). The number of hydrogen-bond donors (Lipinski definition) is 1. The van der Waals surface area contributed by atoms with Gasteiger partial charge in [0.25, 0.3) is 0 Å². The second-order valence-electron chi connectivity index (χ2n) is 5.14. The van der Waals surface area contributed by atoms with Gasteiger partial charge in [-0.05, 0) is 37.4 Å². The van der Waals surface area contributed by atoms with Crippen molar-refractivity contribution in [3.63, 3.8) is 0 Å². The highest BCUT2D eigenvalue weighted by Gasteiger charge is 2.14. The molecule has 0 aliphatic carbocycles. The summed E-state index contributed by atoms with van der Waals surface area (Å²) >= 11 is 6.30. The number of benzene rings is 1. The highest BCUT2D eigenvalue weighted by molar-refractivity contribution is 6.31. The molecule has 1 aromatic carbocycles. The lowest BCUT2D eigenvalue weighted by Gasteiger charge is -2.19. The number of rotatable bonds is 9. The molecule has 0 bridgehead atoms. The molecule has 4 nitrogen and oxygen atoms in total. The van der Waals surface area contributed by atoms with Crippen molar-refractivity contribution in [3.05, 3.63) is 22.7 Å². The van der Waals surface area contributed by atoms with Gasteiger partial charge in [-0.15, -0.1) is 0 Å². The van der Waals surface area contributed by atoms with Gasteiger partial charge in [-0.25, -0.2) is 0 Å². The first-order valence-electron chi connectivity index (χ1n) is 7.59. The summed E-state index contributed by atoms with van der Waals surface area (Å²) in [6.07, 6.45) is 4.47. The normalized spacial score (nSPS) is 13.4. The van der Waals surface area contributed by atoms with Crippen LogP contribution in [-0.4, -0.2) is 40.0 Å². The first kappa shape index (κ1) is 16.4. The zero-order chi connectivity index (χ0) is 14.9. The zero-order valence-corrected chi connectivity index (χ0v) is 13.4. The number of halogens is 1. The van der Waals surface area contributed by atoms with Crippen LogP contribution in [0, 0.1) is 0 Å². The smallest absolute Gasteiger partial charge is 0.162 e. The second kappa shape index (κ2) is 9.13. The SMILES string of the molecule is COCCNCCCCCc1cc2c(cc1Cl)OCCO2. The fourth-order valence-electron chi connectivity index (χ4n) is 2.34. The summed E-state index contributed by atoms with van der Waals surface area (Å²) < 4.78 is 16.1. The minimum Gasteiger partial charge on any atom is -0.486 e. The molecule has 0 atom stereocenters. The highest BCUT2D eigenvalue weighted by Crippen LogP contribution is 2.35. The van der Waals surface area contributed by atoms with Gasteiger partial charge in [0, 0.05) is 24.7 Å². The number of methoxy groups -OCH3 is 1. The minimum atomic E-state index is 0.596. The van der Waals surface area contributed by atoms with E-state index in [1.165, 1.54) is 12.8 Å². The molecule has 0 unspecified atom stereocenters. The number of hydrogen-bond acceptors (Lipinski definition) is 4. The summed E-state index contributed by atoms with van der Waals surface area (Å²) in [4.78, 5) is 0. The lowest BCUT2D eigenvalue weighted by Crippen LogP contribution is -2.20. The maximum absolute atomic E-state index is 6.30. The van der Waals surface area contributed by atoms with Crippen LogP contribution in [0.25, 0.3) is 0 Å². The van der Waals surface area contributed by atoms with E-state index in [9.17, 15) is 0 Å². The molecule has 0 radical (unpaired) electrons. The Balaban J connectivity index is 1.68. The number of ether oxygens (including phenoxy) is 3. The fraction of sp³-hybridized carbons (Fsp3) is 0.625. The van der Waals surface area contributed by atoms with Crippen molar-refractivity contribution < 1.29 is 14.2 Å². The molecule has 0 spiro atoms. The first-order valence-corrected chi connectivity index (χ1v) is 7.96. The van der Waals surface area contributed by atoms with Crippen LogP contribution in [0.4, 0.5) is 0 Å². The predicted octanol–water partition coefficient (Wildman–Crippen LogP) is 3.06. The molecule has 1 heterocycles. The second-order valence-corrected chi connectivity index (χ2v) is 5.55. The molecule has 5 heteroatoms. The largest absolute Gasteiger partial charge is 0.486 e. The van der Waals surface area contributed by atoms with E-state index in [1.54, 1.807) is 7.11 Å². The summed E-state index contributed by atoms with van der Waals surface area (Å²) in [6.45, 7) is 3.94. The van der Waals surface area contributed by atoms with E-state index in [0.29, 0.717) is 13.2 Å². The summed E-state index contributed by atoms with van der Waals surface area (Å²) in [7, 11) is 1.72. The lowest BCUT2D eigenvalue weighted by atomic mass is 10.1. The Hall–Kier alpha value is -0.970. The fourth-order valence-corrected chi connectivity index (χ4v) is 2.59. The van der Waals surface area contributed by atoms with Crippen molar-refractivity contribution in [1.29, 1.82) is 0 Å². The molecule has 1 N–H and O–H groups in total. The van der Waals surface area contributed by atoms with Crippen LogP contribution in [0.1, 0.15) is 24.8 Å². The van der Waals surface area contributed by atoms with E-state index in [-0.39, 0.29) is 0 Å². The maximum Gasteiger partial charge on any atom is 0.162 e. The van der Waals surface area contributed by atoms with Crippen molar-refractivity contribution in [2.24, 2.45) is 0 Å². The summed E-state index contributed by atoms with van der Waals surface area (Å²) in [5.74, 6) is 1.58. The van der Waals surface area contributed by atoms with Gasteiger partial charge in [-0.1, -0.05) is 18.0 Å². The highest BCUT2D eigenvalue weighted by atomic mass is 35.5. The van der Waals surface area contributed by atoms with E-state index in [4.69, 9.17) is 25.8 Å². The third-order valence-corrected chi connectivity index (χ3v) is 3.85. The lowest BCUT2D eigenvalue weighted by molar-refractivity contribution is 0.171. The Bertz CT molecular complexity index is 440. The van der Waals surface area contributed by atoms with Crippen LogP contribution in [0.3, 0.4) is 0 Å². The number of nitrogens with one attached hydrogen (secondary N) is 1. The summed E-state index contributed by atoms with van der Waals surface area (Å²) in [5, 5.41) is 4.13. The molecule has 1 aromatic rings. The molecule has 0 fully saturated rings. The minimum absolute atomic E-state index is 0.596. The van der Waals surface area contributed by atoms with Crippen molar-refractivity contribution >= 4 is 11.6 Å². The first-order chi connectivity index (χ1) is 10.3. The Labute approximate surface area is 131 Å². The molecule has 0 amide bonds. The van der Waals surface area contributed by atoms with Crippen molar-refractivity contribution in [3.8, 4) is 11.5 Å². The zero-order valence-electron chi connectivity index (χ0n) is 12.6. The molecular weight excluding hydrogens is 290 g/mol. The van der Waals surface area contributed by atoms with Crippen LogP contribution in [0.2, 0.25) is 5.02 Å². The summed E-state index contributed by atoms with van der Waals surface area (Å²) in [6, 6.07) is 3.89. The van der Waals surface area contributed by atoms with Crippen LogP contribution in [0.15, 0.2) is 12.1 Å². The predicted molar refractivity (Wildman–Crippen MR) is 84.7 cm³/mol. The van der Waals surface area contributed by atoms with Gasteiger partial charge in [0.05, 0.1) is 6.61 Å². The van der Waals surface area contributed by atoms with Gasteiger partial charge in [0.15, 0.2) is 11.5 Å². The molecule has 1 aliphatic heterocycles. The average Bonchev–Trinajstić information content (AvgIpc) is 2.50. The Morgan fingerprint density at radius 1 is 1.10 bits per heavy atom. The van der Waals surface area contributed by atoms with Crippen LogP contribution in [-0.2, 0) is 11.2 Å². The van der Waals surface area contributed by atoms with Gasteiger partial charge >= 0.3 is 0 Å². The van der Waals surface area contributed by atoms with Crippen LogP contribution < -0.4 is 14.8 Å². The molecule has 118 valence electrons. The standard InChI is InChI=1S/C16H24ClNO3/c1-19-8-7-18-6-4-2-3-5-13-11-15-16(12-14(13)17)21-10-9-20-15/h11-12,18H,2-10H2,1H3. The molecule has 21 heavy (non-hydrogen) atoms. The van der Waals surface area contributed by atoms with Gasteiger partial charge in [0.2, 0.25) is 0 Å². The molecule has 1 aliphatic rings. The number of unbranched alkanes of at least 4 members (excludes halogenated alkanes) is 2. The van der Waals surface area contributed by atoms with E-state index in [2.05, 4.69) is 5.32 Å². The molecule has 0 saturated heterocycles. The third-order valence-electron chi connectivity index (χ3n) is 3.49. The molecule has 0 saturated carbocycles. The van der Waals surface area contributed by atoms with Crippen molar-refractivity contribution in [2.45, 2.75) is 25.7 Å². The van der Waals surface area contributed by atoms with Gasteiger partial charge in [-0.2, -0.15) is 0 Å². The Morgan fingerprint density at radius 2 is 1.86 bits per heavy atom. The quantitative estimate of drug-likeness (QED) is 0.711. The molecule has 0 aromatic heterocycles. The van der Waals surface area contributed by atoms with Crippen LogP contribution >= 0.6 is 11.6 Å². The van der Waals surface area contributed by atoms with E-state index >= 15 is 0 Å². The summed E-state index contributed by atoms with van der Waals surface area (Å²) in [5.41, 5.74) is 1.15. The molecular formula is C16H24ClNO3. The number of fused-ring (bicyclic) bond motifs is 1. The Morgan fingerprint density at radius 3 is 2.62 bits per heavy atom. The third kappa shape index (κ3) is 5.38. The van der Waals surface area contributed by atoms with Gasteiger partial charge in [0.1, 0.15) is 13.2 Å². The maximum atomic E-state index is 6.30. The van der Waals surface area contributed by atoms with Crippen molar-refractivity contribution in [1.82, 2.24) is 5.32 Å². The van der Waals surface area contributed by atoms with Crippen LogP contribution in [0.5, 0.6) is 11.5 Å².